The monoisotopic (exact) mass is 582 g/mol. The number of ether oxygens (including phenoxy) is 3. The lowest BCUT2D eigenvalue weighted by atomic mass is 9.89. The van der Waals surface area contributed by atoms with Crippen molar-refractivity contribution in [3.8, 4) is 16.9 Å². The molecule has 2 unspecified atom stereocenters. The van der Waals surface area contributed by atoms with Crippen molar-refractivity contribution >= 4 is 5.97 Å². The number of esters is 1. The summed E-state index contributed by atoms with van der Waals surface area (Å²) in [5.41, 5.74) is 1.60. The highest BCUT2D eigenvalue weighted by Crippen LogP contribution is 2.46. The average Bonchev–Trinajstić information content (AvgIpc) is 3.52. The Morgan fingerprint density at radius 1 is 1.00 bits per heavy atom. The Labute approximate surface area is 242 Å². The molecule has 1 saturated heterocycles. The number of carbonyl (C=O) groups is 1. The molecule has 3 aromatic rings. The van der Waals surface area contributed by atoms with Crippen LogP contribution in [0.1, 0.15) is 35.2 Å². The van der Waals surface area contributed by atoms with Gasteiger partial charge < -0.3 is 24.4 Å². The first kappa shape index (κ1) is 29.8. The van der Waals surface area contributed by atoms with E-state index in [1.165, 1.54) is 18.2 Å². The van der Waals surface area contributed by atoms with Crippen LogP contribution in [0.2, 0.25) is 0 Å². The molecule has 1 heterocycles. The summed E-state index contributed by atoms with van der Waals surface area (Å²) in [5, 5.41) is 19.9. The number of hydrogen-bond acceptors (Lipinski definition) is 6. The van der Waals surface area contributed by atoms with Crippen LogP contribution < -0.4 is 4.74 Å². The second-order valence-corrected chi connectivity index (χ2v) is 10.7. The molecule has 6 nitrogen and oxygen atoms in total. The first-order valence-electron chi connectivity index (χ1n) is 14.0. The van der Waals surface area contributed by atoms with E-state index in [1.807, 2.05) is 42.5 Å². The second kappa shape index (κ2) is 13.1. The quantitative estimate of drug-likeness (QED) is 0.223. The van der Waals surface area contributed by atoms with Crippen molar-refractivity contribution in [2.24, 2.45) is 11.8 Å². The van der Waals surface area contributed by atoms with Gasteiger partial charge in [0.1, 0.15) is 24.6 Å². The molecular weight excluding hydrogens is 549 g/mol. The molecule has 0 spiro atoms. The van der Waals surface area contributed by atoms with Gasteiger partial charge in [-0.15, -0.1) is 0 Å². The second-order valence-electron chi connectivity index (χ2n) is 10.7. The minimum Gasteiger partial charge on any atom is -0.491 e. The van der Waals surface area contributed by atoms with Crippen LogP contribution in [0.4, 0.5) is 13.2 Å². The molecule has 6 atom stereocenters. The molecule has 3 aromatic carbocycles. The third-order valence-corrected chi connectivity index (χ3v) is 7.84. The topological polar surface area (TPSA) is 85.2 Å². The number of hydrogen-bond donors (Lipinski definition) is 2. The van der Waals surface area contributed by atoms with Gasteiger partial charge in [0.2, 0.25) is 0 Å². The molecule has 2 aliphatic rings. The fourth-order valence-corrected chi connectivity index (χ4v) is 5.77. The first-order valence-corrected chi connectivity index (χ1v) is 14.0. The lowest BCUT2D eigenvalue weighted by Crippen LogP contribution is -2.26. The van der Waals surface area contributed by atoms with Crippen LogP contribution >= 0.6 is 0 Å². The van der Waals surface area contributed by atoms with E-state index in [2.05, 4.69) is 0 Å². The van der Waals surface area contributed by atoms with Crippen molar-refractivity contribution in [2.45, 2.75) is 49.9 Å². The van der Waals surface area contributed by atoms with Crippen LogP contribution in [0, 0.1) is 11.8 Å². The van der Waals surface area contributed by atoms with Gasteiger partial charge in [-0.1, -0.05) is 60.7 Å². The maximum Gasteiger partial charge on any atom is 0.416 e. The minimum absolute atomic E-state index is 0.000618. The molecule has 0 aromatic heterocycles. The molecule has 9 heteroatoms. The number of aliphatic hydroxyl groups excluding tert-OH is 2. The van der Waals surface area contributed by atoms with Gasteiger partial charge in [-0.25, -0.2) is 4.79 Å². The van der Waals surface area contributed by atoms with Crippen molar-refractivity contribution in [3.05, 3.63) is 102 Å². The predicted molar refractivity (Wildman–Crippen MR) is 150 cm³/mol. The van der Waals surface area contributed by atoms with Gasteiger partial charge in [-0.05, 0) is 60.2 Å². The summed E-state index contributed by atoms with van der Waals surface area (Å²) in [6, 6.07) is 21.5. The Hall–Kier alpha value is -3.66. The number of carbonyl (C=O) groups excluding carboxylic acids is 1. The van der Waals surface area contributed by atoms with Gasteiger partial charge in [0, 0.05) is 18.9 Å². The lowest BCUT2D eigenvalue weighted by Gasteiger charge is -2.22. The summed E-state index contributed by atoms with van der Waals surface area (Å²) in [6.45, 7) is -0.242. The van der Waals surface area contributed by atoms with Gasteiger partial charge in [0.15, 0.2) is 0 Å². The third-order valence-electron chi connectivity index (χ3n) is 7.84. The molecule has 2 fully saturated rings. The minimum atomic E-state index is -4.50. The van der Waals surface area contributed by atoms with E-state index >= 15 is 0 Å². The maximum atomic E-state index is 13.1. The molecule has 2 N–H and O–H groups in total. The van der Waals surface area contributed by atoms with Crippen LogP contribution in [0.15, 0.2) is 91.0 Å². The zero-order valence-electron chi connectivity index (χ0n) is 22.8. The Kier molecular flexibility index (Phi) is 9.30. The van der Waals surface area contributed by atoms with Crippen LogP contribution in [0.25, 0.3) is 11.1 Å². The van der Waals surface area contributed by atoms with Gasteiger partial charge in [-0.2, -0.15) is 13.2 Å². The maximum absolute atomic E-state index is 13.1. The van der Waals surface area contributed by atoms with Crippen molar-refractivity contribution < 1.29 is 42.4 Å². The smallest absolute Gasteiger partial charge is 0.416 e. The molecule has 42 heavy (non-hydrogen) atoms. The summed E-state index contributed by atoms with van der Waals surface area (Å²) in [6.07, 6.45) is -1.38. The Bertz CT molecular complexity index is 1360. The number of fused-ring (bicyclic) bond motifs is 1. The highest BCUT2D eigenvalue weighted by molar-refractivity contribution is 5.90. The predicted octanol–water partition coefficient (Wildman–Crippen LogP) is 6.07. The van der Waals surface area contributed by atoms with Crippen molar-refractivity contribution in [2.75, 3.05) is 13.2 Å². The van der Waals surface area contributed by atoms with Gasteiger partial charge in [0.25, 0.3) is 0 Å². The van der Waals surface area contributed by atoms with E-state index in [4.69, 9.17) is 14.2 Å². The number of aliphatic hydroxyl groups is 2. The van der Waals surface area contributed by atoms with Gasteiger partial charge in [-0.3, -0.25) is 0 Å². The van der Waals surface area contributed by atoms with E-state index < -0.39 is 29.9 Å². The summed E-state index contributed by atoms with van der Waals surface area (Å²) < 4.78 is 56.5. The third kappa shape index (κ3) is 7.21. The Morgan fingerprint density at radius 3 is 2.45 bits per heavy atom. The normalized spacial score (nSPS) is 24.5. The highest BCUT2D eigenvalue weighted by Gasteiger charge is 2.50. The highest BCUT2D eigenvalue weighted by atomic mass is 19.4. The average molecular weight is 583 g/mol. The van der Waals surface area contributed by atoms with E-state index in [-0.39, 0.29) is 43.0 Å². The van der Waals surface area contributed by atoms with Crippen molar-refractivity contribution in [3.63, 3.8) is 0 Å². The molecule has 1 saturated carbocycles. The summed E-state index contributed by atoms with van der Waals surface area (Å²) in [5.74, 6) is -0.695. The summed E-state index contributed by atoms with van der Waals surface area (Å²) in [7, 11) is 0. The summed E-state index contributed by atoms with van der Waals surface area (Å²) in [4.78, 5) is 13.1. The fraction of sp³-hybridized carbons (Fsp3) is 0.364. The lowest BCUT2D eigenvalue weighted by molar-refractivity contribution is -0.137. The summed E-state index contributed by atoms with van der Waals surface area (Å²) >= 11 is 0. The van der Waals surface area contributed by atoms with Gasteiger partial charge in [0.05, 0.1) is 23.3 Å². The molecule has 222 valence electrons. The van der Waals surface area contributed by atoms with E-state index in [0.717, 1.165) is 23.3 Å². The SMILES string of the molecule is O=C(O[C@@H]1C[C@@H]2OC(CCO)C[C@@H]2C1/C=C/[C@@H](O)COc1cccc(C(F)(F)F)c1)c1ccc(-c2ccccc2)cc1. The number of benzene rings is 3. The van der Waals surface area contributed by atoms with E-state index in [1.54, 1.807) is 18.2 Å². The first-order chi connectivity index (χ1) is 20.2. The number of halogens is 3. The Morgan fingerprint density at radius 2 is 1.74 bits per heavy atom. The zero-order valence-corrected chi connectivity index (χ0v) is 22.8. The molecule has 0 radical (unpaired) electrons. The van der Waals surface area contributed by atoms with Crippen LogP contribution in [0.3, 0.4) is 0 Å². The van der Waals surface area contributed by atoms with Gasteiger partial charge >= 0.3 is 12.1 Å². The fourth-order valence-electron chi connectivity index (χ4n) is 5.77. The molecule has 1 aliphatic heterocycles. The van der Waals surface area contributed by atoms with E-state index in [0.29, 0.717) is 24.8 Å². The zero-order chi connectivity index (χ0) is 29.7. The van der Waals surface area contributed by atoms with Crippen LogP contribution in [-0.2, 0) is 15.7 Å². The molecule has 5 rings (SSSR count). The number of alkyl halides is 3. The molecule has 0 bridgehead atoms. The van der Waals surface area contributed by atoms with E-state index in [9.17, 15) is 28.2 Å². The number of rotatable bonds is 10. The van der Waals surface area contributed by atoms with Crippen LogP contribution in [-0.4, -0.2) is 53.8 Å². The molecule has 1 aliphatic carbocycles. The van der Waals surface area contributed by atoms with Crippen LogP contribution in [0.5, 0.6) is 5.75 Å². The molecule has 0 amide bonds. The largest absolute Gasteiger partial charge is 0.491 e. The van der Waals surface area contributed by atoms with Crippen molar-refractivity contribution in [1.29, 1.82) is 0 Å². The standard InChI is InChI=1S/C33H33F3O6/c34-33(35,36)24-7-4-8-26(17-24)40-20-25(38)13-14-28-29-18-27(15-16-37)41-31(29)19-30(28)42-32(39)23-11-9-22(10-12-23)21-5-2-1-3-6-21/h1-14,17,25,27-31,37-38H,15-16,18-20H2/b14-13+/t25-,27?,28?,29-,30-,31+/m1/s1. The Balaban J connectivity index is 1.24. The van der Waals surface area contributed by atoms with Crippen molar-refractivity contribution in [1.82, 2.24) is 0 Å². The molecular formula is C33H33F3O6.